The number of hydrogen-bond acceptors (Lipinski definition) is 8. The molecule has 0 bridgehead atoms. The number of nitrogens with one attached hydrogen (secondary N) is 1. The second-order valence-corrected chi connectivity index (χ2v) is 6.30. The maximum absolute atomic E-state index is 11.0. The first-order valence-electron chi connectivity index (χ1n) is 9.29. The molecule has 8 heteroatoms. The van der Waals surface area contributed by atoms with Gasteiger partial charge in [-0.1, -0.05) is 6.08 Å². The van der Waals surface area contributed by atoms with Crippen LogP contribution < -0.4 is 16.0 Å². The largest absolute Gasteiger partial charge is 0.495 e. The van der Waals surface area contributed by atoms with Crippen LogP contribution in [0.25, 0.3) is 0 Å². The number of rotatable bonds is 12. The first-order valence-corrected chi connectivity index (χ1v) is 9.29. The van der Waals surface area contributed by atoms with E-state index in [1.807, 2.05) is 36.2 Å². The summed E-state index contributed by atoms with van der Waals surface area (Å²) in [5, 5.41) is 3.08. The van der Waals surface area contributed by atoms with Crippen molar-refractivity contribution < 1.29 is 14.3 Å². The summed E-state index contributed by atoms with van der Waals surface area (Å²) in [6.45, 7) is 2.73. The lowest BCUT2D eigenvalue weighted by Crippen LogP contribution is -2.33. The second kappa shape index (κ2) is 11.9. The third kappa shape index (κ3) is 6.79. The summed E-state index contributed by atoms with van der Waals surface area (Å²) in [7, 11) is 3.52. The highest BCUT2D eigenvalue weighted by Crippen LogP contribution is 2.20. The highest BCUT2D eigenvalue weighted by atomic mass is 16.5. The van der Waals surface area contributed by atoms with Gasteiger partial charge in [-0.15, -0.1) is 0 Å². The van der Waals surface area contributed by atoms with Crippen LogP contribution in [0.2, 0.25) is 0 Å². The van der Waals surface area contributed by atoms with Gasteiger partial charge in [0.25, 0.3) is 0 Å². The van der Waals surface area contributed by atoms with Gasteiger partial charge in [-0.3, -0.25) is 0 Å². The Hall–Kier alpha value is -2.71. The van der Waals surface area contributed by atoms with E-state index in [9.17, 15) is 4.79 Å². The van der Waals surface area contributed by atoms with Gasteiger partial charge in [0.2, 0.25) is 0 Å². The number of aldehydes is 1. The highest BCUT2D eigenvalue weighted by Gasteiger charge is 2.12. The minimum atomic E-state index is 0.281. The van der Waals surface area contributed by atoms with Crippen LogP contribution in [0.3, 0.4) is 0 Å². The van der Waals surface area contributed by atoms with Crippen molar-refractivity contribution in [3.63, 3.8) is 0 Å². The zero-order chi connectivity index (χ0) is 20.2. The molecule has 0 unspecified atom stereocenters. The number of carbonyl (C=O) groups is 1. The fraction of sp³-hybridized carbons (Fsp3) is 0.450. The van der Waals surface area contributed by atoms with E-state index in [1.165, 1.54) is 6.33 Å². The van der Waals surface area contributed by atoms with Crippen LogP contribution >= 0.6 is 0 Å². The third-order valence-electron chi connectivity index (χ3n) is 4.23. The lowest BCUT2D eigenvalue weighted by molar-refractivity contribution is -0.106. The molecule has 0 radical (unpaired) electrons. The van der Waals surface area contributed by atoms with Gasteiger partial charge in [0.05, 0.1) is 18.8 Å². The van der Waals surface area contributed by atoms with Gasteiger partial charge >= 0.3 is 0 Å². The van der Waals surface area contributed by atoms with Crippen LogP contribution in [0.5, 0.6) is 0 Å². The van der Waals surface area contributed by atoms with Crippen LogP contribution in [0.4, 0.5) is 5.82 Å². The molecule has 0 saturated carbocycles. The smallest absolute Gasteiger partial charge is 0.139 e. The number of ether oxygens (including phenoxy) is 2. The number of allylic oxidation sites excluding steroid dienone is 4. The highest BCUT2D eigenvalue weighted by molar-refractivity contribution is 5.59. The quantitative estimate of drug-likeness (QED) is 0.404. The molecule has 0 saturated heterocycles. The van der Waals surface area contributed by atoms with E-state index < -0.39 is 0 Å². The van der Waals surface area contributed by atoms with Crippen LogP contribution in [0.15, 0.2) is 47.7 Å². The number of anilines is 1. The fourth-order valence-electron chi connectivity index (χ4n) is 2.74. The SMILES string of the molecule is CNCCN(CC=O)c1cc(CC2=C(N)C=CCC(OCCOC)=C2)ncn1. The maximum atomic E-state index is 11.0. The molecule has 0 fully saturated rings. The summed E-state index contributed by atoms with van der Waals surface area (Å²) in [4.78, 5) is 21.6. The number of hydrogen-bond donors (Lipinski definition) is 2. The fourth-order valence-corrected chi connectivity index (χ4v) is 2.74. The molecular formula is C20H29N5O3. The normalized spacial score (nSPS) is 13.9. The number of methoxy groups -OCH3 is 1. The van der Waals surface area contributed by atoms with Crippen LogP contribution in [0, 0.1) is 0 Å². The number of carbonyl (C=O) groups excluding carboxylic acids is 1. The van der Waals surface area contributed by atoms with Gasteiger partial charge in [-0.25, -0.2) is 9.97 Å². The predicted molar refractivity (Wildman–Crippen MR) is 109 cm³/mol. The average molecular weight is 387 g/mol. The van der Waals surface area contributed by atoms with E-state index in [0.29, 0.717) is 38.3 Å². The third-order valence-corrected chi connectivity index (χ3v) is 4.23. The van der Waals surface area contributed by atoms with Crippen molar-refractivity contribution >= 4 is 12.1 Å². The zero-order valence-electron chi connectivity index (χ0n) is 16.6. The molecule has 28 heavy (non-hydrogen) atoms. The molecule has 3 N–H and O–H groups in total. The van der Waals surface area contributed by atoms with Gasteiger partial charge in [0, 0.05) is 44.8 Å². The van der Waals surface area contributed by atoms with Crippen molar-refractivity contribution in [3.8, 4) is 0 Å². The monoisotopic (exact) mass is 387 g/mol. The summed E-state index contributed by atoms with van der Waals surface area (Å²) in [6.07, 6.45) is 9.47. The molecule has 0 aliphatic heterocycles. The summed E-state index contributed by atoms with van der Waals surface area (Å²) in [5.74, 6) is 1.56. The van der Waals surface area contributed by atoms with Gasteiger partial charge in [0.15, 0.2) is 0 Å². The Bertz CT molecular complexity index is 730. The Labute approximate surface area is 166 Å². The Balaban J connectivity index is 2.17. The summed E-state index contributed by atoms with van der Waals surface area (Å²) in [6, 6.07) is 1.90. The topological polar surface area (TPSA) is 103 Å². The summed E-state index contributed by atoms with van der Waals surface area (Å²) < 4.78 is 10.8. The summed E-state index contributed by atoms with van der Waals surface area (Å²) in [5.41, 5.74) is 8.66. The molecule has 0 aromatic carbocycles. The van der Waals surface area contributed by atoms with E-state index >= 15 is 0 Å². The van der Waals surface area contributed by atoms with Gasteiger partial charge in [0.1, 0.15) is 30.8 Å². The van der Waals surface area contributed by atoms with E-state index in [-0.39, 0.29) is 6.54 Å². The molecular weight excluding hydrogens is 358 g/mol. The van der Waals surface area contributed by atoms with Crippen LogP contribution in [0.1, 0.15) is 12.1 Å². The average Bonchev–Trinajstić information content (AvgIpc) is 2.87. The zero-order valence-corrected chi connectivity index (χ0v) is 16.6. The van der Waals surface area contributed by atoms with Crippen molar-refractivity contribution in [2.45, 2.75) is 12.8 Å². The molecule has 1 aromatic rings. The maximum Gasteiger partial charge on any atom is 0.139 e. The molecule has 1 heterocycles. The standard InChI is InChI=1S/C20H29N5O3/c1-22-6-7-25(8-9-26)20-14-17(23-15-24-20)12-16-13-18(28-11-10-27-2)4-3-5-19(16)21/h3,5,9,13-15,22H,4,6-8,10-12,21H2,1-2H3. The molecule has 1 aliphatic carbocycles. The van der Waals surface area contributed by atoms with Crippen molar-refractivity contribution in [3.05, 3.63) is 53.3 Å². The minimum Gasteiger partial charge on any atom is -0.495 e. The van der Waals surface area contributed by atoms with Crippen LogP contribution in [-0.4, -0.2) is 63.3 Å². The van der Waals surface area contributed by atoms with Gasteiger partial charge < -0.3 is 30.2 Å². The Morgan fingerprint density at radius 1 is 1.36 bits per heavy atom. The molecule has 152 valence electrons. The Morgan fingerprint density at radius 2 is 2.21 bits per heavy atom. The van der Waals surface area contributed by atoms with Crippen molar-refractivity contribution in [2.24, 2.45) is 5.73 Å². The number of nitrogens with zero attached hydrogens (tertiary/aromatic N) is 3. The minimum absolute atomic E-state index is 0.281. The first-order chi connectivity index (χ1) is 13.7. The van der Waals surface area contributed by atoms with E-state index in [1.54, 1.807) is 7.11 Å². The molecule has 0 atom stereocenters. The number of nitrogens with two attached hydrogens (primary N) is 1. The molecule has 2 rings (SSSR count). The first kappa shape index (κ1) is 21.6. The summed E-state index contributed by atoms with van der Waals surface area (Å²) >= 11 is 0. The van der Waals surface area contributed by atoms with Crippen molar-refractivity contribution in [2.75, 3.05) is 51.9 Å². The molecule has 0 amide bonds. The van der Waals surface area contributed by atoms with Crippen molar-refractivity contribution in [1.82, 2.24) is 15.3 Å². The van der Waals surface area contributed by atoms with Gasteiger partial charge in [-0.2, -0.15) is 0 Å². The molecule has 8 nitrogen and oxygen atoms in total. The Kier molecular flexibility index (Phi) is 9.17. The number of likely N-dealkylation sites (N-methyl/N-ethyl adjacent to an activating group) is 1. The van der Waals surface area contributed by atoms with Crippen molar-refractivity contribution in [1.29, 1.82) is 0 Å². The lowest BCUT2D eigenvalue weighted by atomic mass is 10.1. The van der Waals surface area contributed by atoms with Crippen LogP contribution in [-0.2, 0) is 20.7 Å². The lowest BCUT2D eigenvalue weighted by Gasteiger charge is -2.21. The van der Waals surface area contributed by atoms with E-state index in [2.05, 4.69) is 15.3 Å². The molecule has 0 spiro atoms. The van der Waals surface area contributed by atoms with E-state index in [0.717, 1.165) is 35.7 Å². The molecule has 1 aromatic heterocycles. The van der Waals surface area contributed by atoms with E-state index in [4.69, 9.17) is 15.2 Å². The molecule has 1 aliphatic rings. The Morgan fingerprint density at radius 3 is 2.96 bits per heavy atom. The number of aromatic nitrogens is 2. The predicted octanol–water partition coefficient (Wildman–Crippen LogP) is 0.963. The van der Waals surface area contributed by atoms with Gasteiger partial charge in [-0.05, 0) is 24.8 Å². The second-order valence-electron chi connectivity index (χ2n) is 6.30.